The monoisotopic (exact) mass is 403 g/mol. The zero-order chi connectivity index (χ0) is 20.0. The molecule has 152 valence electrons. The van der Waals surface area contributed by atoms with Crippen molar-refractivity contribution in [1.82, 2.24) is 4.90 Å². The predicted molar refractivity (Wildman–Crippen MR) is 114 cm³/mol. The summed E-state index contributed by atoms with van der Waals surface area (Å²) in [6.45, 7) is 2.01. The lowest BCUT2D eigenvalue weighted by molar-refractivity contribution is 0.0834. The highest BCUT2D eigenvalue weighted by Gasteiger charge is 2.44. The summed E-state index contributed by atoms with van der Waals surface area (Å²) in [5.74, 6) is 2.33. The molecule has 0 aromatic heterocycles. The fourth-order valence-electron chi connectivity index (χ4n) is 4.52. The molecular weight excluding hydrogens is 374 g/mol. The topological polar surface area (TPSA) is 41.9 Å². The van der Waals surface area contributed by atoms with Crippen molar-refractivity contribution < 1.29 is 14.6 Å². The normalized spacial score (nSPS) is 17.1. The van der Waals surface area contributed by atoms with Gasteiger partial charge in [0.15, 0.2) is 0 Å². The Morgan fingerprint density at radius 1 is 0.964 bits per heavy atom. The number of alkyl halides is 1. The van der Waals surface area contributed by atoms with Crippen LogP contribution in [0.1, 0.15) is 43.2 Å². The predicted octanol–water partition coefficient (Wildman–Crippen LogP) is 5.16. The van der Waals surface area contributed by atoms with E-state index in [4.69, 9.17) is 21.1 Å². The van der Waals surface area contributed by atoms with Crippen LogP contribution in [0.25, 0.3) is 0 Å². The summed E-state index contributed by atoms with van der Waals surface area (Å²) in [7, 11) is 3.37. The van der Waals surface area contributed by atoms with E-state index in [-0.39, 0.29) is 5.75 Å². The van der Waals surface area contributed by atoms with E-state index in [1.807, 2.05) is 18.2 Å². The van der Waals surface area contributed by atoms with Crippen LogP contribution < -0.4 is 9.47 Å². The van der Waals surface area contributed by atoms with E-state index in [2.05, 4.69) is 17.0 Å². The molecule has 1 aliphatic heterocycles. The van der Waals surface area contributed by atoms with Gasteiger partial charge in [-0.1, -0.05) is 24.6 Å². The van der Waals surface area contributed by atoms with E-state index in [0.717, 1.165) is 55.6 Å². The summed E-state index contributed by atoms with van der Waals surface area (Å²) < 4.78 is 11.5. The molecule has 2 aromatic carbocycles. The first kappa shape index (κ1) is 20.8. The Morgan fingerprint density at radius 2 is 1.64 bits per heavy atom. The van der Waals surface area contributed by atoms with E-state index >= 15 is 0 Å². The Kier molecular flexibility index (Phi) is 7.08. The molecular formula is C23H30ClNO3. The largest absolute Gasteiger partial charge is 0.508 e. The molecule has 3 rings (SSSR count). The van der Waals surface area contributed by atoms with E-state index in [0.29, 0.717) is 11.6 Å². The van der Waals surface area contributed by atoms with Gasteiger partial charge in [0, 0.05) is 23.1 Å². The van der Waals surface area contributed by atoms with Crippen molar-refractivity contribution in [2.24, 2.45) is 0 Å². The third-order valence-electron chi connectivity index (χ3n) is 5.75. The maximum atomic E-state index is 10.1. The number of para-hydroxylation sites is 1. The molecule has 28 heavy (non-hydrogen) atoms. The Labute approximate surface area is 173 Å². The average Bonchev–Trinajstić information content (AvgIpc) is 2.75. The number of phenols is 1. The first-order chi connectivity index (χ1) is 13.7. The number of piperidine rings is 1. The van der Waals surface area contributed by atoms with Crippen molar-refractivity contribution in [3.8, 4) is 17.2 Å². The van der Waals surface area contributed by atoms with Crippen LogP contribution in [0.4, 0.5) is 0 Å². The van der Waals surface area contributed by atoms with E-state index in [1.165, 1.54) is 6.42 Å². The van der Waals surface area contributed by atoms with Crippen molar-refractivity contribution in [3.63, 3.8) is 0 Å². The number of phenolic OH excluding ortho intramolecular Hbond substituents is 1. The summed E-state index contributed by atoms with van der Waals surface area (Å²) in [6.07, 6.45) is 5.29. The zero-order valence-corrected chi connectivity index (χ0v) is 17.5. The number of hydrogen-bond acceptors (Lipinski definition) is 4. The summed E-state index contributed by atoms with van der Waals surface area (Å²) in [5.41, 5.74) is 1.74. The second-order valence-corrected chi connectivity index (χ2v) is 7.66. The average molecular weight is 404 g/mol. The number of rotatable bonds is 8. The third-order valence-corrected chi connectivity index (χ3v) is 6.02. The molecule has 5 heteroatoms. The minimum Gasteiger partial charge on any atom is -0.508 e. The molecule has 0 radical (unpaired) electrons. The lowest BCUT2D eigenvalue weighted by Crippen LogP contribution is -2.50. The molecule has 0 spiro atoms. The first-order valence-electron chi connectivity index (χ1n) is 9.99. The number of aromatic hydroxyl groups is 1. The van der Waals surface area contributed by atoms with Gasteiger partial charge in [0.2, 0.25) is 0 Å². The van der Waals surface area contributed by atoms with Crippen LogP contribution in [-0.2, 0) is 5.54 Å². The van der Waals surface area contributed by atoms with Gasteiger partial charge in [-0.15, -0.1) is 11.6 Å². The van der Waals surface area contributed by atoms with Crippen LogP contribution in [0.3, 0.4) is 0 Å². The molecule has 1 unspecified atom stereocenters. The molecule has 2 aromatic rings. The van der Waals surface area contributed by atoms with Crippen LogP contribution >= 0.6 is 11.6 Å². The van der Waals surface area contributed by atoms with Gasteiger partial charge in [0.25, 0.3) is 0 Å². The Hall–Kier alpha value is -1.91. The fourth-order valence-corrected chi connectivity index (χ4v) is 4.65. The summed E-state index contributed by atoms with van der Waals surface area (Å²) in [5, 5.41) is 10.1. The molecule has 4 nitrogen and oxygen atoms in total. The standard InChI is InChI=1S/C23H30ClNO3/c1-27-21-10-5-4-9-19(21)23(13-8-14-24,25-15-6-3-7-16-25)20-12-11-18(26)17-22(20)28-2/h4-5,9-12,17,26H,3,6-8,13-16H2,1-2H3. The van der Waals surface area contributed by atoms with Crippen molar-refractivity contribution in [2.45, 2.75) is 37.6 Å². The summed E-state index contributed by atoms with van der Waals surface area (Å²) in [4.78, 5) is 2.55. The van der Waals surface area contributed by atoms with Crippen LogP contribution in [0, 0.1) is 0 Å². The van der Waals surface area contributed by atoms with Crippen LogP contribution in [-0.4, -0.2) is 43.2 Å². The zero-order valence-electron chi connectivity index (χ0n) is 16.8. The highest BCUT2D eigenvalue weighted by Crippen LogP contribution is 2.48. The van der Waals surface area contributed by atoms with Gasteiger partial charge in [0.1, 0.15) is 17.2 Å². The molecule has 1 atom stereocenters. The molecule has 0 bridgehead atoms. The molecule has 0 aliphatic carbocycles. The maximum Gasteiger partial charge on any atom is 0.127 e. The number of hydrogen-bond donors (Lipinski definition) is 1. The van der Waals surface area contributed by atoms with Crippen LogP contribution in [0.15, 0.2) is 42.5 Å². The van der Waals surface area contributed by atoms with Gasteiger partial charge in [-0.25, -0.2) is 0 Å². The summed E-state index contributed by atoms with van der Waals surface area (Å²) >= 11 is 6.17. The first-order valence-corrected chi connectivity index (χ1v) is 10.5. The summed E-state index contributed by atoms with van der Waals surface area (Å²) in [6, 6.07) is 13.7. The van der Waals surface area contributed by atoms with Gasteiger partial charge in [0.05, 0.1) is 19.8 Å². The maximum absolute atomic E-state index is 10.1. The third kappa shape index (κ3) is 3.94. The number of ether oxygens (including phenoxy) is 2. The quantitative estimate of drug-likeness (QED) is 0.618. The molecule has 1 heterocycles. The molecule has 1 aliphatic rings. The highest BCUT2D eigenvalue weighted by molar-refractivity contribution is 6.17. The van der Waals surface area contributed by atoms with Gasteiger partial charge in [-0.3, -0.25) is 4.90 Å². The van der Waals surface area contributed by atoms with Gasteiger partial charge >= 0.3 is 0 Å². The number of methoxy groups -OCH3 is 2. The highest BCUT2D eigenvalue weighted by atomic mass is 35.5. The van der Waals surface area contributed by atoms with Gasteiger partial charge in [-0.05, 0) is 57.0 Å². The molecule has 0 saturated carbocycles. The van der Waals surface area contributed by atoms with Crippen molar-refractivity contribution in [2.75, 3.05) is 33.2 Å². The number of benzene rings is 2. The number of likely N-dealkylation sites (tertiary alicyclic amines) is 1. The Morgan fingerprint density at radius 3 is 2.32 bits per heavy atom. The fraction of sp³-hybridized carbons (Fsp3) is 0.478. The van der Waals surface area contributed by atoms with Gasteiger partial charge < -0.3 is 14.6 Å². The van der Waals surface area contributed by atoms with Crippen LogP contribution in [0.5, 0.6) is 17.2 Å². The molecule has 1 fully saturated rings. The van der Waals surface area contributed by atoms with Crippen molar-refractivity contribution >= 4 is 11.6 Å². The second kappa shape index (κ2) is 9.53. The van der Waals surface area contributed by atoms with E-state index < -0.39 is 5.54 Å². The number of nitrogens with zero attached hydrogens (tertiary/aromatic N) is 1. The number of halogens is 1. The van der Waals surface area contributed by atoms with Gasteiger partial charge in [-0.2, -0.15) is 0 Å². The van der Waals surface area contributed by atoms with Crippen molar-refractivity contribution in [1.29, 1.82) is 0 Å². The Bertz CT molecular complexity index is 776. The SMILES string of the molecule is COc1ccccc1C(CCCCl)(c1ccc(O)cc1OC)N1CCCCC1. The smallest absolute Gasteiger partial charge is 0.127 e. The molecule has 0 amide bonds. The van der Waals surface area contributed by atoms with E-state index in [9.17, 15) is 5.11 Å². The lowest BCUT2D eigenvalue weighted by atomic mass is 9.75. The van der Waals surface area contributed by atoms with Crippen molar-refractivity contribution in [3.05, 3.63) is 53.6 Å². The minimum absolute atomic E-state index is 0.200. The molecule has 1 N–H and O–H groups in total. The molecule has 1 saturated heterocycles. The minimum atomic E-state index is -0.430. The Balaban J connectivity index is 2.29. The lowest BCUT2D eigenvalue weighted by Gasteiger charge is -2.47. The van der Waals surface area contributed by atoms with E-state index in [1.54, 1.807) is 26.4 Å². The second-order valence-electron chi connectivity index (χ2n) is 7.29. The van der Waals surface area contributed by atoms with Crippen LogP contribution in [0.2, 0.25) is 0 Å².